The first-order valence-electron chi connectivity index (χ1n) is 8.40. The summed E-state index contributed by atoms with van der Waals surface area (Å²) in [6, 6.07) is 11.3. The summed E-state index contributed by atoms with van der Waals surface area (Å²) in [7, 11) is 0.481. The van der Waals surface area contributed by atoms with E-state index in [2.05, 4.69) is 9.97 Å². The first-order valence-corrected chi connectivity index (χ1v) is 10.2. The minimum atomic E-state index is -3.05. The van der Waals surface area contributed by atoms with Gasteiger partial charge in [0.25, 0.3) is 5.91 Å². The van der Waals surface area contributed by atoms with E-state index in [9.17, 15) is 13.2 Å². The minimum absolute atomic E-state index is 0.0150. The van der Waals surface area contributed by atoms with Crippen molar-refractivity contribution in [1.82, 2.24) is 14.9 Å². The van der Waals surface area contributed by atoms with Crippen LogP contribution in [0.3, 0.4) is 0 Å². The standard InChI is InChI=1S/C18H22N4O3S/c1-21(11-14-6-4-3-5-7-14)17-10-16(19-13-20-17)18(23)22(2)15-8-9-26(24,25)12-15/h3-7,10,13,15H,8-9,11-12H2,1-2H3. The quantitative estimate of drug-likeness (QED) is 0.786. The van der Waals surface area contributed by atoms with Gasteiger partial charge in [-0.15, -0.1) is 0 Å². The largest absolute Gasteiger partial charge is 0.355 e. The third kappa shape index (κ3) is 4.19. The minimum Gasteiger partial charge on any atom is -0.355 e. The zero-order valence-electron chi connectivity index (χ0n) is 14.9. The molecule has 138 valence electrons. The molecule has 26 heavy (non-hydrogen) atoms. The summed E-state index contributed by atoms with van der Waals surface area (Å²) in [6.07, 6.45) is 1.83. The normalized spacial score (nSPS) is 18.5. The van der Waals surface area contributed by atoms with Gasteiger partial charge in [-0.25, -0.2) is 18.4 Å². The van der Waals surface area contributed by atoms with E-state index in [0.29, 0.717) is 18.8 Å². The van der Waals surface area contributed by atoms with Gasteiger partial charge in [0.05, 0.1) is 11.5 Å². The molecule has 2 heterocycles. The number of benzene rings is 1. The molecule has 1 aliphatic rings. The first kappa shape index (κ1) is 18.3. The molecule has 8 heteroatoms. The Hall–Kier alpha value is -2.48. The molecule has 0 bridgehead atoms. The maximum Gasteiger partial charge on any atom is 0.272 e. The number of amides is 1. The van der Waals surface area contributed by atoms with Crippen LogP contribution in [0.15, 0.2) is 42.7 Å². The van der Waals surface area contributed by atoms with Gasteiger partial charge in [-0.3, -0.25) is 4.79 Å². The van der Waals surface area contributed by atoms with Gasteiger partial charge in [0.2, 0.25) is 0 Å². The molecule has 1 aromatic carbocycles. The van der Waals surface area contributed by atoms with Crippen LogP contribution < -0.4 is 4.90 Å². The lowest BCUT2D eigenvalue weighted by atomic mass is 10.2. The lowest BCUT2D eigenvalue weighted by molar-refractivity contribution is 0.0741. The molecule has 1 aliphatic heterocycles. The molecule has 1 aromatic heterocycles. The van der Waals surface area contributed by atoms with Crippen molar-refractivity contribution in [3.63, 3.8) is 0 Å². The highest BCUT2D eigenvalue weighted by atomic mass is 32.2. The van der Waals surface area contributed by atoms with Gasteiger partial charge in [0, 0.05) is 32.7 Å². The Morgan fingerprint density at radius 3 is 2.58 bits per heavy atom. The average Bonchev–Trinajstić information content (AvgIpc) is 3.01. The molecule has 0 N–H and O–H groups in total. The summed E-state index contributed by atoms with van der Waals surface area (Å²) in [5, 5.41) is 0. The van der Waals surface area contributed by atoms with Crippen molar-refractivity contribution in [2.75, 3.05) is 30.5 Å². The number of aromatic nitrogens is 2. The van der Waals surface area contributed by atoms with E-state index in [0.717, 1.165) is 5.56 Å². The van der Waals surface area contributed by atoms with Gasteiger partial charge in [0.1, 0.15) is 17.8 Å². The number of sulfone groups is 1. The number of anilines is 1. The Bertz CT molecular complexity index is 886. The van der Waals surface area contributed by atoms with E-state index in [1.165, 1.54) is 11.2 Å². The lowest BCUT2D eigenvalue weighted by Gasteiger charge is -2.24. The van der Waals surface area contributed by atoms with Crippen molar-refractivity contribution < 1.29 is 13.2 Å². The van der Waals surface area contributed by atoms with Crippen LogP contribution in [0.25, 0.3) is 0 Å². The summed E-state index contributed by atoms with van der Waals surface area (Å²) in [5.41, 5.74) is 1.40. The van der Waals surface area contributed by atoms with Crippen LogP contribution in [0.2, 0.25) is 0 Å². The Labute approximate surface area is 153 Å². The molecule has 0 aliphatic carbocycles. The second-order valence-electron chi connectivity index (χ2n) is 6.58. The Morgan fingerprint density at radius 1 is 1.19 bits per heavy atom. The molecule has 1 amide bonds. The smallest absolute Gasteiger partial charge is 0.272 e. The van der Waals surface area contributed by atoms with E-state index in [1.807, 2.05) is 42.3 Å². The highest BCUT2D eigenvalue weighted by Crippen LogP contribution is 2.19. The number of carbonyl (C=O) groups is 1. The third-order valence-electron chi connectivity index (χ3n) is 4.60. The molecular weight excluding hydrogens is 352 g/mol. The molecule has 1 unspecified atom stereocenters. The predicted octanol–water partition coefficient (Wildman–Crippen LogP) is 1.37. The van der Waals surface area contributed by atoms with Crippen molar-refractivity contribution >= 4 is 21.6 Å². The lowest BCUT2D eigenvalue weighted by Crippen LogP contribution is -2.38. The van der Waals surface area contributed by atoms with Crippen molar-refractivity contribution in [2.24, 2.45) is 0 Å². The number of carbonyl (C=O) groups excluding carboxylic acids is 1. The van der Waals surface area contributed by atoms with E-state index >= 15 is 0 Å². The van der Waals surface area contributed by atoms with E-state index in [1.54, 1.807) is 13.1 Å². The van der Waals surface area contributed by atoms with Crippen molar-refractivity contribution in [3.05, 3.63) is 54.0 Å². The van der Waals surface area contributed by atoms with Crippen LogP contribution in [0.5, 0.6) is 0 Å². The fourth-order valence-electron chi connectivity index (χ4n) is 3.04. The second-order valence-corrected chi connectivity index (χ2v) is 8.80. The van der Waals surface area contributed by atoms with Crippen LogP contribution in [0.4, 0.5) is 5.82 Å². The van der Waals surface area contributed by atoms with Crippen molar-refractivity contribution in [2.45, 2.75) is 19.0 Å². The van der Waals surface area contributed by atoms with E-state index in [4.69, 9.17) is 0 Å². The molecule has 2 aromatic rings. The monoisotopic (exact) mass is 374 g/mol. The molecular formula is C18H22N4O3S. The Kier molecular flexibility index (Phi) is 5.22. The summed E-state index contributed by atoms with van der Waals surface area (Å²) in [4.78, 5) is 24.4. The van der Waals surface area contributed by atoms with E-state index in [-0.39, 0.29) is 29.1 Å². The molecule has 0 saturated carbocycles. The van der Waals surface area contributed by atoms with E-state index < -0.39 is 9.84 Å². The number of nitrogens with zero attached hydrogens (tertiary/aromatic N) is 4. The highest BCUT2D eigenvalue weighted by molar-refractivity contribution is 7.91. The van der Waals surface area contributed by atoms with Crippen molar-refractivity contribution in [1.29, 1.82) is 0 Å². The van der Waals surface area contributed by atoms with Gasteiger partial charge in [-0.1, -0.05) is 30.3 Å². The van der Waals surface area contributed by atoms with Crippen LogP contribution in [-0.4, -0.2) is 60.8 Å². The maximum absolute atomic E-state index is 12.7. The van der Waals surface area contributed by atoms with Crippen LogP contribution >= 0.6 is 0 Å². The molecule has 7 nitrogen and oxygen atoms in total. The molecule has 1 fully saturated rings. The summed E-state index contributed by atoms with van der Waals surface area (Å²) < 4.78 is 23.3. The summed E-state index contributed by atoms with van der Waals surface area (Å²) >= 11 is 0. The second kappa shape index (κ2) is 7.41. The van der Waals surface area contributed by atoms with Crippen LogP contribution in [0.1, 0.15) is 22.5 Å². The van der Waals surface area contributed by atoms with Gasteiger partial charge in [-0.05, 0) is 12.0 Å². The fourth-order valence-corrected chi connectivity index (χ4v) is 4.81. The van der Waals surface area contributed by atoms with Gasteiger partial charge in [-0.2, -0.15) is 0 Å². The number of hydrogen-bond acceptors (Lipinski definition) is 6. The topological polar surface area (TPSA) is 83.5 Å². The highest BCUT2D eigenvalue weighted by Gasteiger charge is 2.33. The molecule has 1 atom stereocenters. The number of hydrogen-bond donors (Lipinski definition) is 0. The zero-order chi connectivity index (χ0) is 18.7. The van der Waals surface area contributed by atoms with Crippen LogP contribution in [0, 0.1) is 0 Å². The zero-order valence-corrected chi connectivity index (χ0v) is 15.7. The summed E-state index contributed by atoms with van der Waals surface area (Å²) in [5.74, 6) is 0.495. The first-order chi connectivity index (χ1) is 12.4. The molecule has 1 saturated heterocycles. The van der Waals surface area contributed by atoms with Gasteiger partial charge in [0.15, 0.2) is 9.84 Å². The Morgan fingerprint density at radius 2 is 1.92 bits per heavy atom. The predicted molar refractivity (Wildman–Crippen MR) is 99.7 cm³/mol. The maximum atomic E-state index is 12.7. The third-order valence-corrected chi connectivity index (χ3v) is 6.35. The fraction of sp³-hybridized carbons (Fsp3) is 0.389. The van der Waals surface area contributed by atoms with Gasteiger partial charge < -0.3 is 9.80 Å². The Balaban J connectivity index is 1.73. The van der Waals surface area contributed by atoms with Gasteiger partial charge >= 0.3 is 0 Å². The molecule has 0 spiro atoms. The molecule has 0 radical (unpaired) electrons. The van der Waals surface area contributed by atoms with Crippen molar-refractivity contribution in [3.8, 4) is 0 Å². The average molecular weight is 374 g/mol. The number of rotatable bonds is 5. The molecule has 3 rings (SSSR count). The summed E-state index contributed by atoms with van der Waals surface area (Å²) in [6.45, 7) is 0.655. The SMILES string of the molecule is CN(Cc1ccccc1)c1cc(C(=O)N(C)C2CCS(=O)(=O)C2)ncn1. The van der Waals surface area contributed by atoms with Crippen LogP contribution in [-0.2, 0) is 16.4 Å².